The third-order valence-corrected chi connectivity index (χ3v) is 2.58. The summed E-state index contributed by atoms with van der Waals surface area (Å²) in [5.74, 6) is 0. The standard InChI is InChI=1S/C10H17ClN2O3/c1-10(2,3)16-9(14)13-6-4-5-7(13)8(11)12-15/h7,15H,4-6H2,1-3H3. The van der Waals surface area contributed by atoms with Crippen LogP contribution in [0.2, 0.25) is 0 Å². The molecule has 16 heavy (non-hydrogen) atoms. The van der Waals surface area contributed by atoms with Gasteiger partial charge in [-0.1, -0.05) is 16.8 Å². The number of oxime groups is 1. The van der Waals surface area contributed by atoms with Gasteiger partial charge in [0.25, 0.3) is 0 Å². The van der Waals surface area contributed by atoms with E-state index in [1.807, 2.05) is 0 Å². The zero-order valence-corrected chi connectivity index (χ0v) is 10.5. The normalized spacial score (nSPS) is 22.4. The van der Waals surface area contributed by atoms with Crippen LogP contribution in [-0.4, -0.2) is 39.6 Å². The van der Waals surface area contributed by atoms with Gasteiger partial charge in [0.2, 0.25) is 0 Å². The Bertz CT molecular complexity index is 299. The molecule has 1 fully saturated rings. The zero-order chi connectivity index (χ0) is 12.3. The minimum Gasteiger partial charge on any atom is -0.444 e. The molecule has 0 aromatic rings. The highest BCUT2D eigenvalue weighted by Crippen LogP contribution is 2.22. The smallest absolute Gasteiger partial charge is 0.410 e. The van der Waals surface area contributed by atoms with Gasteiger partial charge in [-0.15, -0.1) is 0 Å². The molecule has 0 aromatic carbocycles. The molecule has 5 nitrogen and oxygen atoms in total. The molecule has 0 aliphatic carbocycles. The molecule has 6 heteroatoms. The summed E-state index contributed by atoms with van der Waals surface area (Å²) in [5, 5.41) is 11.6. The fourth-order valence-electron chi connectivity index (χ4n) is 1.62. The largest absolute Gasteiger partial charge is 0.444 e. The number of rotatable bonds is 1. The van der Waals surface area contributed by atoms with Crippen LogP contribution in [-0.2, 0) is 4.74 Å². The monoisotopic (exact) mass is 248 g/mol. The summed E-state index contributed by atoms with van der Waals surface area (Å²) < 4.78 is 5.24. The summed E-state index contributed by atoms with van der Waals surface area (Å²) >= 11 is 5.73. The predicted molar refractivity (Wildman–Crippen MR) is 61.0 cm³/mol. The van der Waals surface area contributed by atoms with Gasteiger partial charge in [0.05, 0.1) is 6.04 Å². The van der Waals surface area contributed by atoms with Gasteiger partial charge in [0.1, 0.15) is 5.60 Å². The number of ether oxygens (including phenoxy) is 1. The second kappa shape index (κ2) is 4.91. The molecule has 1 rings (SSSR count). The van der Waals surface area contributed by atoms with E-state index in [1.165, 1.54) is 4.90 Å². The van der Waals surface area contributed by atoms with Gasteiger partial charge >= 0.3 is 6.09 Å². The van der Waals surface area contributed by atoms with Crippen LogP contribution in [0.4, 0.5) is 4.79 Å². The Morgan fingerprint density at radius 2 is 2.19 bits per heavy atom. The van der Waals surface area contributed by atoms with Gasteiger partial charge < -0.3 is 9.94 Å². The van der Waals surface area contributed by atoms with Crippen LogP contribution in [0.5, 0.6) is 0 Å². The molecule has 0 saturated carbocycles. The molecule has 1 aliphatic rings. The lowest BCUT2D eigenvalue weighted by molar-refractivity contribution is 0.0266. The number of halogens is 1. The van der Waals surface area contributed by atoms with Crippen LogP contribution in [0.25, 0.3) is 0 Å². The highest BCUT2D eigenvalue weighted by atomic mass is 35.5. The molecule has 1 aliphatic heterocycles. The van der Waals surface area contributed by atoms with Crippen molar-refractivity contribution < 1.29 is 14.7 Å². The van der Waals surface area contributed by atoms with Gasteiger partial charge in [-0.2, -0.15) is 0 Å². The molecule has 1 atom stereocenters. The molecule has 1 amide bonds. The predicted octanol–water partition coefficient (Wildman–Crippen LogP) is 2.41. The first-order valence-corrected chi connectivity index (χ1v) is 5.60. The molecular weight excluding hydrogens is 232 g/mol. The van der Waals surface area contributed by atoms with Crippen molar-refractivity contribution in [1.29, 1.82) is 0 Å². The Kier molecular flexibility index (Phi) is 4.02. The molecule has 0 aromatic heterocycles. The fraction of sp³-hybridized carbons (Fsp3) is 0.800. The van der Waals surface area contributed by atoms with E-state index in [-0.39, 0.29) is 11.2 Å². The van der Waals surface area contributed by atoms with E-state index in [1.54, 1.807) is 20.8 Å². The first-order chi connectivity index (χ1) is 7.35. The Morgan fingerprint density at radius 3 is 2.69 bits per heavy atom. The van der Waals surface area contributed by atoms with E-state index in [0.717, 1.165) is 6.42 Å². The van der Waals surface area contributed by atoms with E-state index in [4.69, 9.17) is 21.5 Å². The molecule has 0 radical (unpaired) electrons. The molecule has 0 bridgehead atoms. The van der Waals surface area contributed by atoms with E-state index < -0.39 is 11.7 Å². The first kappa shape index (κ1) is 13.1. The van der Waals surface area contributed by atoms with Crippen molar-refractivity contribution in [2.45, 2.75) is 45.3 Å². The third kappa shape index (κ3) is 3.27. The van der Waals surface area contributed by atoms with Crippen molar-refractivity contribution in [3.05, 3.63) is 0 Å². The minimum absolute atomic E-state index is 0.0309. The second-order valence-electron chi connectivity index (χ2n) is 4.75. The molecule has 92 valence electrons. The van der Waals surface area contributed by atoms with Crippen LogP contribution >= 0.6 is 11.6 Å². The number of carbonyl (C=O) groups excluding carboxylic acids is 1. The van der Waals surface area contributed by atoms with Crippen LogP contribution in [0.3, 0.4) is 0 Å². The molecule has 0 spiro atoms. The summed E-state index contributed by atoms with van der Waals surface area (Å²) in [6, 6.07) is -0.360. The number of nitrogens with zero attached hydrogens (tertiary/aromatic N) is 2. The molecule has 1 N–H and O–H groups in total. The van der Waals surface area contributed by atoms with E-state index in [2.05, 4.69) is 5.16 Å². The van der Waals surface area contributed by atoms with Gasteiger partial charge in [-0.3, -0.25) is 4.90 Å². The highest BCUT2D eigenvalue weighted by Gasteiger charge is 2.34. The van der Waals surface area contributed by atoms with Gasteiger partial charge in [0.15, 0.2) is 5.17 Å². The number of amides is 1. The van der Waals surface area contributed by atoms with E-state index in [9.17, 15) is 4.79 Å². The Morgan fingerprint density at radius 1 is 1.56 bits per heavy atom. The Labute approximate surface area is 100.0 Å². The highest BCUT2D eigenvalue weighted by molar-refractivity contribution is 6.66. The van der Waals surface area contributed by atoms with E-state index >= 15 is 0 Å². The average molecular weight is 249 g/mol. The molecule has 1 heterocycles. The van der Waals surface area contributed by atoms with Crippen molar-refractivity contribution >= 4 is 22.9 Å². The SMILES string of the molecule is CC(C)(C)OC(=O)N1CCCC1C(Cl)=NO. The van der Waals surface area contributed by atoms with Crippen molar-refractivity contribution in [1.82, 2.24) is 4.90 Å². The zero-order valence-electron chi connectivity index (χ0n) is 9.73. The van der Waals surface area contributed by atoms with Crippen molar-refractivity contribution in [2.24, 2.45) is 5.16 Å². The average Bonchev–Trinajstić information content (AvgIpc) is 2.62. The summed E-state index contributed by atoms with van der Waals surface area (Å²) in [6.45, 7) is 5.98. The van der Waals surface area contributed by atoms with Gasteiger partial charge in [0, 0.05) is 6.54 Å². The molecular formula is C10H17ClN2O3. The quantitative estimate of drug-likeness (QED) is 0.440. The molecule has 1 unspecified atom stereocenters. The van der Waals surface area contributed by atoms with Crippen molar-refractivity contribution in [3.63, 3.8) is 0 Å². The lowest BCUT2D eigenvalue weighted by Crippen LogP contribution is -2.42. The molecule has 1 saturated heterocycles. The van der Waals surface area contributed by atoms with E-state index in [0.29, 0.717) is 13.0 Å². The van der Waals surface area contributed by atoms with Gasteiger partial charge in [-0.05, 0) is 33.6 Å². The fourth-order valence-corrected chi connectivity index (χ4v) is 1.85. The van der Waals surface area contributed by atoms with Crippen LogP contribution in [0, 0.1) is 0 Å². The topological polar surface area (TPSA) is 62.1 Å². The van der Waals surface area contributed by atoms with Crippen LogP contribution < -0.4 is 0 Å². The van der Waals surface area contributed by atoms with Crippen molar-refractivity contribution in [3.8, 4) is 0 Å². The summed E-state index contributed by atoms with van der Waals surface area (Å²) in [6.07, 6.45) is 1.11. The Balaban J connectivity index is 2.69. The lowest BCUT2D eigenvalue weighted by Gasteiger charge is -2.27. The maximum absolute atomic E-state index is 11.8. The minimum atomic E-state index is -0.535. The van der Waals surface area contributed by atoms with Crippen LogP contribution in [0.1, 0.15) is 33.6 Å². The summed E-state index contributed by atoms with van der Waals surface area (Å²) in [4.78, 5) is 13.3. The van der Waals surface area contributed by atoms with Crippen molar-refractivity contribution in [2.75, 3.05) is 6.54 Å². The lowest BCUT2D eigenvalue weighted by atomic mass is 10.2. The maximum atomic E-state index is 11.8. The number of hydrogen-bond acceptors (Lipinski definition) is 4. The summed E-state index contributed by atoms with van der Waals surface area (Å²) in [7, 11) is 0. The number of carbonyl (C=O) groups is 1. The van der Waals surface area contributed by atoms with Gasteiger partial charge in [-0.25, -0.2) is 4.79 Å². The first-order valence-electron chi connectivity index (χ1n) is 5.22. The van der Waals surface area contributed by atoms with Crippen LogP contribution in [0.15, 0.2) is 5.16 Å². The Hall–Kier alpha value is -0.970. The second-order valence-corrected chi connectivity index (χ2v) is 5.14. The number of likely N-dealkylation sites (tertiary alicyclic amines) is 1. The number of hydrogen-bond donors (Lipinski definition) is 1. The maximum Gasteiger partial charge on any atom is 0.410 e. The third-order valence-electron chi connectivity index (χ3n) is 2.25. The summed E-state index contributed by atoms with van der Waals surface area (Å²) in [5.41, 5.74) is -0.535.